The van der Waals surface area contributed by atoms with Gasteiger partial charge in [-0.1, -0.05) is 0 Å². The second-order valence-corrected chi connectivity index (χ2v) is 5.74. The minimum atomic E-state index is -0.536. The Bertz CT molecular complexity index is 289. The van der Waals surface area contributed by atoms with Crippen LogP contribution >= 0.6 is 0 Å². The Labute approximate surface area is 114 Å². The first kappa shape index (κ1) is 16.2. The first-order valence-electron chi connectivity index (χ1n) is 6.58. The third-order valence-corrected chi connectivity index (χ3v) is 2.76. The van der Waals surface area contributed by atoms with Crippen molar-refractivity contribution in [3.05, 3.63) is 0 Å². The van der Waals surface area contributed by atoms with Crippen LogP contribution in [-0.2, 0) is 14.2 Å². The normalized spacial score (nSPS) is 23.7. The first-order valence-corrected chi connectivity index (χ1v) is 6.58. The number of ether oxygens (including phenoxy) is 3. The van der Waals surface area contributed by atoms with Gasteiger partial charge in [0.2, 0.25) is 0 Å². The molecule has 1 aliphatic rings. The molecule has 6 heteroatoms. The number of aliphatic hydroxyl groups is 1. The lowest BCUT2D eigenvalue weighted by molar-refractivity contribution is 0.00468. The Hall–Kier alpha value is -0.850. The summed E-state index contributed by atoms with van der Waals surface area (Å²) in [7, 11) is 1.61. The van der Waals surface area contributed by atoms with Crippen molar-refractivity contribution in [3.63, 3.8) is 0 Å². The molecular formula is C13H25NO5. The van der Waals surface area contributed by atoms with Crippen molar-refractivity contribution < 1.29 is 24.1 Å². The summed E-state index contributed by atoms with van der Waals surface area (Å²) in [6.07, 6.45) is -0.389. The monoisotopic (exact) mass is 275 g/mol. The van der Waals surface area contributed by atoms with Crippen molar-refractivity contribution in [2.45, 2.75) is 44.9 Å². The number of carbonyl (C=O) groups excluding carboxylic acids is 1. The van der Waals surface area contributed by atoms with Crippen LogP contribution in [0.5, 0.6) is 0 Å². The Morgan fingerprint density at radius 1 is 1.37 bits per heavy atom. The summed E-state index contributed by atoms with van der Waals surface area (Å²) in [4.78, 5) is 13.6. The molecule has 0 unspecified atom stereocenters. The molecule has 0 radical (unpaired) electrons. The zero-order valence-electron chi connectivity index (χ0n) is 12.2. The molecule has 1 N–H and O–H groups in total. The van der Waals surface area contributed by atoms with Gasteiger partial charge in [0, 0.05) is 7.11 Å². The van der Waals surface area contributed by atoms with Gasteiger partial charge in [0.05, 0.1) is 38.5 Å². The zero-order valence-corrected chi connectivity index (χ0v) is 12.2. The molecule has 1 saturated heterocycles. The molecule has 1 aliphatic heterocycles. The van der Waals surface area contributed by atoms with Crippen LogP contribution in [-0.4, -0.2) is 67.3 Å². The highest BCUT2D eigenvalue weighted by molar-refractivity contribution is 5.69. The van der Waals surface area contributed by atoms with Crippen molar-refractivity contribution in [1.82, 2.24) is 4.90 Å². The van der Waals surface area contributed by atoms with Gasteiger partial charge in [-0.25, -0.2) is 4.79 Å². The van der Waals surface area contributed by atoms with Crippen LogP contribution in [0.1, 0.15) is 27.2 Å². The smallest absolute Gasteiger partial charge is 0.410 e. The van der Waals surface area contributed by atoms with E-state index in [2.05, 4.69) is 0 Å². The summed E-state index contributed by atoms with van der Waals surface area (Å²) in [5.74, 6) is 0. The number of β-amino-alcohol motifs (C(OH)–C–C–N with tert-alkyl or cyclic N) is 1. The topological polar surface area (TPSA) is 68.2 Å². The predicted molar refractivity (Wildman–Crippen MR) is 70.0 cm³/mol. The van der Waals surface area contributed by atoms with E-state index >= 15 is 0 Å². The molecule has 0 aromatic rings. The van der Waals surface area contributed by atoms with E-state index in [-0.39, 0.29) is 6.04 Å². The lowest BCUT2D eigenvalue weighted by Crippen LogP contribution is -2.42. The fourth-order valence-corrected chi connectivity index (χ4v) is 1.96. The van der Waals surface area contributed by atoms with E-state index in [1.165, 1.54) is 0 Å². The van der Waals surface area contributed by atoms with Crippen molar-refractivity contribution in [2.75, 3.05) is 33.5 Å². The van der Waals surface area contributed by atoms with E-state index in [1.807, 2.05) is 20.8 Å². The molecule has 0 aliphatic carbocycles. The van der Waals surface area contributed by atoms with Crippen LogP contribution in [0.2, 0.25) is 0 Å². The summed E-state index contributed by atoms with van der Waals surface area (Å²) in [5.41, 5.74) is -0.536. The Balaban J connectivity index is 2.47. The number of hydrogen-bond donors (Lipinski definition) is 1. The van der Waals surface area contributed by atoms with Gasteiger partial charge in [-0.3, -0.25) is 0 Å². The number of hydrogen-bond acceptors (Lipinski definition) is 5. The molecular weight excluding hydrogens is 250 g/mol. The quantitative estimate of drug-likeness (QED) is 0.759. The molecule has 2 atom stereocenters. The number of amides is 1. The number of carbonyl (C=O) groups is 1. The molecule has 0 saturated carbocycles. The highest BCUT2D eigenvalue weighted by atomic mass is 16.6. The molecule has 1 fully saturated rings. The maximum atomic E-state index is 12.0. The van der Waals surface area contributed by atoms with E-state index in [0.29, 0.717) is 32.8 Å². The Morgan fingerprint density at radius 3 is 2.63 bits per heavy atom. The largest absolute Gasteiger partial charge is 0.444 e. The molecule has 19 heavy (non-hydrogen) atoms. The Morgan fingerprint density at radius 2 is 2.05 bits per heavy atom. The molecule has 1 rings (SSSR count). The zero-order chi connectivity index (χ0) is 14.5. The second-order valence-electron chi connectivity index (χ2n) is 5.74. The van der Waals surface area contributed by atoms with E-state index in [0.717, 1.165) is 0 Å². The third kappa shape index (κ3) is 5.76. The van der Waals surface area contributed by atoms with Crippen LogP contribution in [0.15, 0.2) is 0 Å². The molecule has 1 heterocycles. The number of likely N-dealkylation sites (tertiary alicyclic amines) is 1. The van der Waals surface area contributed by atoms with E-state index in [9.17, 15) is 9.90 Å². The standard InChI is InChI=1S/C13H25NO5/c1-13(2,3)19-12(16)14-8-11(15)7-10(14)9-18-6-5-17-4/h10-11,15H,5-9H2,1-4H3/t10-,11+/m0/s1. The predicted octanol–water partition coefficient (Wildman–Crippen LogP) is 1.02. The average molecular weight is 275 g/mol. The molecule has 0 aromatic carbocycles. The fourth-order valence-electron chi connectivity index (χ4n) is 1.96. The number of nitrogens with zero attached hydrogens (tertiary/aromatic N) is 1. The Kier molecular flexibility index (Phi) is 6.03. The molecule has 6 nitrogen and oxygen atoms in total. The van der Waals surface area contributed by atoms with E-state index in [4.69, 9.17) is 14.2 Å². The minimum absolute atomic E-state index is 0.137. The SMILES string of the molecule is COCCOC[C@@H]1C[C@@H](O)CN1C(=O)OC(C)(C)C. The maximum absolute atomic E-state index is 12.0. The van der Waals surface area contributed by atoms with Crippen LogP contribution in [0.4, 0.5) is 4.79 Å². The van der Waals surface area contributed by atoms with Crippen molar-refractivity contribution in [3.8, 4) is 0 Å². The fraction of sp³-hybridized carbons (Fsp3) is 0.923. The average Bonchev–Trinajstić information content (AvgIpc) is 2.64. The summed E-state index contributed by atoms with van der Waals surface area (Å²) in [6.45, 7) is 7.14. The van der Waals surface area contributed by atoms with Crippen LogP contribution in [0.25, 0.3) is 0 Å². The molecule has 0 spiro atoms. The lowest BCUT2D eigenvalue weighted by Gasteiger charge is -2.28. The van der Waals surface area contributed by atoms with Crippen molar-refractivity contribution in [1.29, 1.82) is 0 Å². The van der Waals surface area contributed by atoms with E-state index < -0.39 is 17.8 Å². The summed E-state index contributed by atoms with van der Waals surface area (Å²) < 4.78 is 15.6. The number of methoxy groups -OCH3 is 1. The maximum Gasteiger partial charge on any atom is 0.410 e. The van der Waals surface area contributed by atoms with Gasteiger partial charge in [-0.05, 0) is 27.2 Å². The highest BCUT2D eigenvalue weighted by Gasteiger charge is 2.36. The summed E-state index contributed by atoms with van der Waals surface area (Å²) in [6, 6.07) is -0.137. The van der Waals surface area contributed by atoms with Gasteiger partial charge in [-0.15, -0.1) is 0 Å². The lowest BCUT2D eigenvalue weighted by atomic mass is 10.2. The molecule has 112 valence electrons. The molecule has 0 bridgehead atoms. The van der Waals surface area contributed by atoms with Crippen molar-refractivity contribution >= 4 is 6.09 Å². The summed E-state index contributed by atoms with van der Waals surface area (Å²) in [5, 5.41) is 9.69. The summed E-state index contributed by atoms with van der Waals surface area (Å²) >= 11 is 0. The minimum Gasteiger partial charge on any atom is -0.444 e. The second kappa shape index (κ2) is 7.07. The van der Waals surface area contributed by atoms with Crippen LogP contribution in [0.3, 0.4) is 0 Å². The van der Waals surface area contributed by atoms with Gasteiger partial charge >= 0.3 is 6.09 Å². The number of aliphatic hydroxyl groups excluding tert-OH is 1. The van der Waals surface area contributed by atoms with Gasteiger partial charge in [-0.2, -0.15) is 0 Å². The van der Waals surface area contributed by atoms with Crippen LogP contribution < -0.4 is 0 Å². The van der Waals surface area contributed by atoms with E-state index in [1.54, 1.807) is 12.0 Å². The van der Waals surface area contributed by atoms with Gasteiger partial charge in [0.25, 0.3) is 0 Å². The highest BCUT2D eigenvalue weighted by Crippen LogP contribution is 2.21. The third-order valence-electron chi connectivity index (χ3n) is 2.76. The van der Waals surface area contributed by atoms with Gasteiger partial charge < -0.3 is 24.2 Å². The molecule has 1 amide bonds. The molecule has 0 aromatic heterocycles. The van der Waals surface area contributed by atoms with Crippen LogP contribution in [0, 0.1) is 0 Å². The first-order chi connectivity index (χ1) is 8.83. The van der Waals surface area contributed by atoms with Gasteiger partial charge in [0.1, 0.15) is 5.60 Å². The van der Waals surface area contributed by atoms with Crippen molar-refractivity contribution in [2.24, 2.45) is 0 Å². The van der Waals surface area contributed by atoms with Gasteiger partial charge in [0.15, 0.2) is 0 Å². The number of rotatable bonds is 5.